The third kappa shape index (κ3) is 3.77. The zero-order valence-corrected chi connectivity index (χ0v) is 8.99. The molecule has 0 aliphatic carbocycles. The van der Waals surface area contributed by atoms with Crippen LogP contribution in [-0.2, 0) is 0 Å². The first-order chi connectivity index (χ1) is 6.14. The van der Waals surface area contributed by atoms with Crippen molar-refractivity contribution in [3.63, 3.8) is 0 Å². The molecule has 3 nitrogen and oxygen atoms in total. The smallest absolute Gasteiger partial charge is 0.149 e. The zero-order valence-electron chi connectivity index (χ0n) is 7.36. The average Bonchev–Trinajstić information content (AvgIpc) is 2.57. The fourth-order valence-electron chi connectivity index (χ4n) is 0.688. The van der Waals surface area contributed by atoms with E-state index in [1.54, 1.807) is 36.2 Å². The molecular weight excluding hydrogens is 202 g/mol. The molecule has 1 aromatic rings. The molecule has 0 saturated heterocycles. The van der Waals surface area contributed by atoms with Crippen molar-refractivity contribution in [2.45, 2.75) is 23.2 Å². The van der Waals surface area contributed by atoms with Gasteiger partial charge in [-0.1, -0.05) is 11.8 Å². The molecule has 1 atom stereocenters. The van der Waals surface area contributed by atoms with E-state index < -0.39 is 5.54 Å². The van der Waals surface area contributed by atoms with E-state index in [9.17, 15) is 0 Å². The summed E-state index contributed by atoms with van der Waals surface area (Å²) in [6.45, 7) is 1.75. The maximum absolute atomic E-state index is 8.65. The van der Waals surface area contributed by atoms with Crippen LogP contribution >= 0.6 is 23.1 Å². The highest BCUT2D eigenvalue weighted by Gasteiger charge is 2.16. The van der Waals surface area contributed by atoms with Gasteiger partial charge in [-0.2, -0.15) is 5.26 Å². The van der Waals surface area contributed by atoms with Gasteiger partial charge >= 0.3 is 0 Å². The van der Waals surface area contributed by atoms with Crippen molar-refractivity contribution in [3.05, 3.63) is 11.6 Å². The molecule has 0 fully saturated rings. The Kier molecular flexibility index (Phi) is 3.72. The predicted molar refractivity (Wildman–Crippen MR) is 55.7 cm³/mol. The first-order valence-electron chi connectivity index (χ1n) is 3.86. The highest BCUT2D eigenvalue weighted by Crippen LogP contribution is 2.22. The molecule has 13 heavy (non-hydrogen) atoms. The summed E-state index contributed by atoms with van der Waals surface area (Å²) in [6, 6.07) is 2.07. The Labute approximate surface area is 86.0 Å². The summed E-state index contributed by atoms with van der Waals surface area (Å²) >= 11 is 3.25. The molecule has 5 heteroatoms. The summed E-state index contributed by atoms with van der Waals surface area (Å²) < 4.78 is 1.04. The molecule has 1 rings (SSSR count). The minimum absolute atomic E-state index is 0.688. The quantitative estimate of drug-likeness (QED) is 0.775. The lowest BCUT2D eigenvalue weighted by Gasteiger charge is -2.13. The number of hydrogen-bond donors (Lipinski definition) is 1. The van der Waals surface area contributed by atoms with Crippen LogP contribution in [0.2, 0.25) is 0 Å². The molecule has 0 radical (unpaired) electrons. The molecule has 70 valence electrons. The minimum atomic E-state index is -0.704. The van der Waals surface area contributed by atoms with E-state index in [4.69, 9.17) is 11.0 Å². The van der Waals surface area contributed by atoms with Gasteiger partial charge in [-0.25, -0.2) is 4.98 Å². The van der Waals surface area contributed by atoms with Gasteiger partial charge in [0.2, 0.25) is 0 Å². The lowest BCUT2D eigenvalue weighted by atomic mass is 10.0. The Hall–Kier alpha value is -0.570. The van der Waals surface area contributed by atoms with Crippen LogP contribution in [0.3, 0.4) is 0 Å². The molecule has 0 aliphatic heterocycles. The molecule has 0 bridgehead atoms. The van der Waals surface area contributed by atoms with Gasteiger partial charge < -0.3 is 5.73 Å². The number of rotatable bonds is 4. The van der Waals surface area contributed by atoms with E-state index in [-0.39, 0.29) is 0 Å². The second-order valence-corrected chi connectivity index (χ2v) is 5.16. The number of aromatic nitrogens is 1. The number of thioether (sulfide) groups is 1. The molecular formula is C8H11N3S2. The third-order valence-electron chi connectivity index (χ3n) is 1.51. The van der Waals surface area contributed by atoms with Crippen molar-refractivity contribution in [1.82, 2.24) is 4.98 Å². The Bertz CT molecular complexity index is 287. The van der Waals surface area contributed by atoms with Crippen LogP contribution in [0.1, 0.15) is 13.3 Å². The van der Waals surface area contributed by atoms with Gasteiger partial charge in [-0.3, -0.25) is 0 Å². The van der Waals surface area contributed by atoms with E-state index in [1.165, 1.54) is 0 Å². The van der Waals surface area contributed by atoms with Crippen molar-refractivity contribution in [2.24, 2.45) is 5.73 Å². The maximum Gasteiger partial charge on any atom is 0.149 e. The second-order valence-electron chi connectivity index (χ2n) is 2.93. The largest absolute Gasteiger partial charge is 0.314 e. The van der Waals surface area contributed by atoms with Crippen molar-refractivity contribution in [2.75, 3.05) is 5.75 Å². The van der Waals surface area contributed by atoms with Gasteiger partial charge in [0.25, 0.3) is 0 Å². The van der Waals surface area contributed by atoms with Crippen molar-refractivity contribution in [3.8, 4) is 6.07 Å². The Morgan fingerprint density at radius 1 is 1.85 bits per heavy atom. The minimum Gasteiger partial charge on any atom is -0.314 e. The Balaban J connectivity index is 2.26. The summed E-state index contributed by atoms with van der Waals surface area (Å²) in [4.78, 5) is 4.12. The van der Waals surface area contributed by atoms with Crippen molar-refractivity contribution >= 4 is 23.1 Å². The summed E-state index contributed by atoms with van der Waals surface area (Å²) in [5, 5.41) is 10.6. The fourth-order valence-corrected chi connectivity index (χ4v) is 2.57. The zero-order chi connectivity index (χ0) is 9.73. The lowest BCUT2D eigenvalue weighted by molar-refractivity contribution is 0.583. The van der Waals surface area contributed by atoms with Crippen LogP contribution in [-0.4, -0.2) is 16.3 Å². The first kappa shape index (κ1) is 10.5. The van der Waals surface area contributed by atoms with Crippen LogP contribution in [0.15, 0.2) is 15.9 Å². The molecule has 1 aromatic heterocycles. The molecule has 1 heterocycles. The topological polar surface area (TPSA) is 62.7 Å². The molecule has 0 aliphatic rings. The molecule has 2 N–H and O–H groups in total. The van der Waals surface area contributed by atoms with Gasteiger partial charge in [0, 0.05) is 17.3 Å². The first-order valence-corrected chi connectivity index (χ1v) is 5.73. The average molecular weight is 213 g/mol. The van der Waals surface area contributed by atoms with Crippen LogP contribution in [0, 0.1) is 11.3 Å². The highest BCUT2D eigenvalue weighted by molar-refractivity contribution is 8.00. The van der Waals surface area contributed by atoms with E-state index >= 15 is 0 Å². The normalized spacial score (nSPS) is 14.8. The van der Waals surface area contributed by atoms with Gasteiger partial charge in [-0.05, 0) is 13.3 Å². The molecule has 0 spiro atoms. The summed E-state index contributed by atoms with van der Waals surface area (Å²) in [6.07, 6.45) is 2.46. The van der Waals surface area contributed by atoms with Gasteiger partial charge in [-0.15, -0.1) is 11.3 Å². The fraction of sp³-hybridized carbons (Fsp3) is 0.500. The van der Waals surface area contributed by atoms with Crippen LogP contribution < -0.4 is 5.73 Å². The number of nitrogens with zero attached hydrogens (tertiary/aromatic N) is 2. The molecule has 1 unspecified atom stereocenters. The molecule has 0 saturated carbocycles. The van der Waals surface area contributed by atoms with Gasteiger partial charge in [0.1, 0.15) is 9.88 Å². The maximum atomic E-state index is 8.65. The predicted octanol–water partition coefficient (Wildman–Crippen LogP) is 1.87. The number of nitriles is 1. The second kappa shape index (κ2) is 4.61. The highest BCUT2D eigenvalue weighted by atomic mass is 32.2. The van der Waals surface area contributed by atoms with Crippen molar-refractivity contribution < 1.29 is 0 Å². The van der Waals surface area contributed by atoms with Crippen molar-refractivity contribution in [1.29, 1.82) is 5.26 Å². The van der Waals surface area contributed by atoms with Gasteiger partial charge in [0.15, 0.2) is 0 Å². The summed E-state index contributed by atoms with van der Waals surface area (Å²) in [5.41, 5.74) is 4.96. The third-order valence-corrected chi connectivity index (χ3v) is 3.48. The molecule has 0 amide bonds. The Morgan fingerprint density at radius 2 is 2.62 bits per heavy atom. The summed E-state index contributed by atoms with van der Waals surface area (Å²) in [5.74, 6) is 0.841. The van der Waals surface area contributed by atoms with E-state index in [1.807, 2.05) is 5.38 Å². The standard InChI is InChI=1S/C8H11N3S2/c1-8(10,6-9)2-4-12-7-11-3-5-13-7/h3,5H,2,4,10H2,1H3. The monoisotopic (exact) mass is 213 g/mol. The number of thiazole rings is 1. The Morgan fingerprint density at radius 3 is 3.15 bits per heavy atom. The molecule has 0 aromatic carbocycles. The van der Waals surface area contributed by atoms with Crippen LogP contribution in [0.25, 0.3) is 0 Å². The van der Waals surface area contributed by atoms with Gasteiger partial charge in [0.05, 0.1) is 6.07 Å². The van der Waals surface area contributed by atoms with Crippen LogP contribution in [0.4, 0.5) is 0 Å². The summed E-state index contributed by atoms with van der Waals surface area (Å²) in [7, 11) is 0. The SMILES string of the molecule is CC(N)(C#N)CCSc1nccs1. The van der Waals surface area contributed by atoms with E-state index in [0.29, 0.717) is 6.42 Å². The van der Waals surface area contributed by atoms with E-state index in [0.717, 1.165) is 10.1 Å². The van der Waals surface area contributed by atoms with E-state index in [2.05, 4.69) is 11.1 Å². The lowest BCUT2D eigenvalue weighted by Crippen LogP contribution is -2.34. The van der Waals surface area contributed by atoms with Crippen LogP contribution in [0.5, 0.6) is 0 Å². The number of nitrogens with two attached hydrogens (primary N) is 1. The number of hydrogen-bond acceptors (Lipinski definition) is 5.